The zero-order valence-electron chi connectivity index (χ0n) is 16.9. The molecule has 30 heavy (non-hydrogen) atoms. The second-order valence-corrected chi connectivity index (χ2v) is 7.30. The molecule has 7 nitrogen and oxygen atoms in total. The van der Waals surface area contributed by atoms with Crippen LogP contribution in [-0.4, -0.2) is 36.0 Å². The van der Waals surface area contributed by atoms with Gasteiger partial charge in [0, 0.05) is 44.5 Å². The first-order chi connectivity index (χ1) is 14.5. The maximum absolute atomic E-state index is 12.3. The van der Waals surface area contributed by atoms with Crippen LogP contribution in [0.4, 0.5) is 0 Å². The van der Waals surface area contributed by atoms with E-state index in [2.05, 4.69) is 0 Å². The Morgan fingerprint density at radius 1 is 1.20 bits per heavy atom. The van der Waals surface area contributed by atoms with E-state index >= 15 is 0 Å². The number of aryl methyl sites for hydroxylation is 3. The van der Waals surface area contributed by atoms with Crippen molar-refractivity contribution in [2.24, 2.45) is 0 Å². The lowest BCUT2D eigenvalue weighted by atomic mass is 9.93. The molecular weight excluding hydrogens is 386 g/mol. The van der Waals surface area contributed by atoms with Crippen molar-refractivity contribution in [3.05, 3.63) is 63.6 Å². The number of hydrogen-bond acceptors (Lipinski definition) is 5. The fourth-order valence-electron chi connectivity index (χ4n) is 3.74. The number of benzene rings is 1. The van der Waals surface area contributed by atoms with Gasteiger partial charge in [-0.25, -0.2) is 4.79 Å². The normalized spacial score (nSPS) is 12.3. The number of carbonyl (C=O) groups is 1. The van der Waals surface area contributed by atoms with Gasteiger partial charge in [0.15, 0.2) is 5.43 Å². The summed E-state index contributed by atoms with van der Waals surface area (Å²) in [7, 11) is 1.66. The van der Waals surface area contributed by atoms with Crippen molar-refractivity contribution in [1.82, 2.24) is 4.57 Å². The second-order valence-electron chi connectivity index (χ2n) is 7.30. The van der Waals surface area contributed by atoms with Crippen molar-refractivity contribution in [2.45, 2.75) is 26.3 Å². The highest BCUT2D eigenvalue weighted by molar-refractivity contribution is 5.88. The quantitative estimate of drug-likeness (QED) is 0.598. The lowest BCUT2D eigenvalue weighted by molar-refractivity contribution is 0.0694. The van der Waals surface area contributed by atoms with E-state index in [1.54, 1.807) is 7.11 Å². The molecule has 0 radical (unpaired) electrons. The molecule has 0 aliphatic carbocycles. The van der Waals surface area contributed by atoms with Crippen molar-refractivity contribution in [3.8, 4) is 28.3 Å². The summed E-state index contributed by atoms with van der Waals surface area (Å²) in [5.41, 5.74) is 2.69. The van der Waals surface area contributed by atoms with Gasteiger partial charge in [-0.05, 0) is 43.2 Å². The summed E-state index contributed by atoms with van der Waals surface area (Å²) in [6.07, 6.45) is 2.89. The first kappa shape index (κ1) is 20.0. The van der Waals surface area contributed by atoms with Crippen molar-refractivity contribution >= 4 is 5.97 Å². The minimum absolute atomic E-state index is 0.220. The molecule has 1 aliphatic heterocycles. The van der Waals surface area contributed by atoms with Gasteiger partial charge in [-0.2, -0.15) is 0 Å². The number of pyridine rings is 1. The number of carboxylic acids is 1. The van der Waals surface area contributed by atoms with Crippen LogP contribution in [0, 0.1) is 6.92 Å². The standard InChI is InChI=1S/C23H23NO6/c1-14-4-5-21(30-14)17-11-16-15(10-22(17)29-9-3-8-28-2)6-7-24-13-18(23(26)27)20(25)12-19(16)24/h4-5,10-13H,3,6-9H2,1-2H3,(H,26,27). The molecule has 4 rings (SSSR count). The predicted molar refractivity (Wildman–Crippen MR) is 111 cm³/mol. The number of aromatic nitrogens is 1. The van der Waals surface area contributed by atoms with E-state index in [0.717, 1.165) is 34.6 Å². The van der Waals surface area contributed by atoms with E-state index in [4.69, 9.17) is 13.9 Å². The van der Waals surface area contributed by atoms with Crippen LogP contribution in [-0.2, 0) is 17.7 Å². The third-order valence-electron chi connectivity index (χ3n) is 5.22. The summed E-state index contributed by atoms with van der Waals surface area (Å²) in [4.78, 5) is 23.7. The molecule has 0 atom stereocenters. The first-order valence-corrected chi connectivity index (χ1v) is 9.81. The number of nitrogens with zero attached hydrogens (tertiary/aromatic N) is 1. The predicted octanol–water partition coefficient (Wildman–Crippen LogP) is 3.75. The minimum Gasteiger partial charge on any atom is -0.493 e. The first-order valence-electron chi connectivity index (χ1n) is 9.81. The van der Waals surface area contributed by atoms with Crippen LogP contribution in [0.25, 0.3) is 22.6 Å². The number of carboxylic acid groups (broad SMARTS) is 1. The van der Waals surface area contributed by atoms with Gasteiger partial charge < -0.3 is 23.6 Å². The van der Waals surface area contributed by atoms with Gasteiger partial charge in [0.05, 0.1) is 17.9 Å². The number of methoxy groups -OCH3 is 1. The van der Waals surface area contributed by atoms with Gasteiger partial charge in [0.1, 0.15) is 22.8 Å². The van der Waals surface area contributed by atoms with Crippen LogP contribution in [0.5, 0.6) is 5.75 Å². The molecule has 0 amide bonds. The Bertz CT molecular complexity index is 1160. The third-order valence-corrected chi connectivity index (χ3v) is 5.22. The molecule has 1 N–H and O–H groups in total. The highest BCUT2D eigenvalue weighted by Gasteiger charge is 2.23. The molecular formula is C23H23NO6. The molecule has 3 aromatic rings. The van der Waals surface area contributed by atoms with Crippen LogP contribution in [0.15, 0.2) is 45.7 Å². The molecule has 2 aromatic heterocycles. The third kappa shape index (κ3) is 3.76. The zero-order chi connectivity index (χ0) is 21.3. The molecule has 7 heteroatoms. The summed E-state index contributed by atoms with van der Waals surface area (Å²) < 4.78 is 18.8. The minimum atomic E-state index is -1.22. The molecule has 0 saturated carbocycles. The molecule has 0 saturated heterocycles. The van der Waals surface area contributed by atoms with E-state index in [1.165, 1.54) is 12.3 Å². The Kier molecular flexibility index (Phi) is 5.46. The Labute approximate surface area is 173 Å². The van der Waals surface area contributed by atoms with E-state index in [-0.39, 0.29) is 5.56 Å². The average Bonchev–Trinajstić information content (AvgIpc) is 3.16. The number of aromatic carboxylic acids is 1. The lowest BCUT2D eigenvalue weighted by Crippen LogP contribution is -2.22. The van der Waals surface area contributed by atoms with Crippen LogP contribution in [0.1, 0.15) is 28.1 Å². The fourth-order valence-corrected chi connectivity index (χ4v) is 3.74. The largest absolute Gasteiger partial charge is 0.493 e. The number of ether oxygens (including phenoxy) is 2. The van der Waals surface area contributed by atoms with Crippen LogP contribution in [0.3, 0.4) is 0 Å². The summed E-state index contributed by atoms with van der Waals surface area (Å²) in [6, 6.07) is 9.14. The SMILES string of the molecule is COCCCOc1cc2c(cc1-c1ccc(C)o1)-c1cc(=O)c(C(=O)O)cn1CC2. The second kappa shape index (κ2) is 8.20. The molecule has 0 fully saturated rings. The molecule has 0 spiro atoms. The van der Waals surface area contributed by atoms with E-state index < -0.39 is 11.4 Å². The van der Waals surface area contributed by atoms with Crippen molar-refractivity contribution in [3.63, 3.8) is 0 Å². The smallest absolute Gasteiger partial charge is 0.341 e. The molecule has 1 aliphatic rings. The van der Waals surface area contributed by atoms with Gasteiger partial charge in [0.2, 0.25) is 0 Å². The zero-order valence-corrected chi connectivity index (χ0v) is 16.9. The summed E-state index contributed by atoms with van der Waals surface area (Å²) in [6.45, 7) is 3.59. The van der Waals surface area contributed by atoms with Crippen LogP contribution < -0.4 is 10.2 Å². The Balaban J connectivity index is 1.82. The van der Waals surface area contributed by atoms with Gasteiger partial charge >= 0.3 is 5.97 Å². The highest BCUT2D eigenvalue weighted by atomic mass is 16.5. The average molecular weight is 409 g/mol. The van der Waals surface area contributed by atoms with Gasteiger partial charge in [-0.3, -0.25) is 4.79 Å². The number of hydrogen-bond donors (Lipinski definition) is 1. The van der Waals surface area contributed by atoms with Crippen molar-refractivity contribution < 1.29 is 23.8 Å². The number of rotatable bonds is 7. The van der Waals surface area contributed by atoms with Gasteiger partial charge in [-0.15, -0.1) is 0 Å². The molecule has 0 unspecified atom stereocenters. The number of fused-ring (bicyclic) bond motifs is 3. The van der Waals surface area contributed by atoms with E-state index in [1.807, 2.05) is 35.8 Å². The highest BCUT2D eigenvalue weighted by Crippen LogP contribution is 2.39. The van der Waals surface area contributed by atoms with Gasteiger partial charge in [-0.1, -0.05) is 0 Å². The van der Waals surface area contributed by atoms with Crippen LogP contribution in [0.2, 0.25) is 0 Å². The fraction of sp³-hybridized carbons (Fsp3) is 0.304. The Morgan fingerprint density at radius 3 is 2.73 bits per heavy atom. The molecule has 3 heterocycles. The summed E-state index contributed by atoms with van der Waals surface area (Å²) >= 11 is 0. The maximum atomic E-state index is 12.3. The lowest BCUT2D eigenvalue weighted by Gasteiger charge is -2.24. The molecule has 0 bridgehead atoms. The van der Waals surface area contributed by atoms with Crippen molar-refractivity contribution in [1.29, 1.82) is 0 Å². The van der Waals surface area contributed by atoms with E-state index in [0.29, 0.717) is 37.6 Å². The monoisotopic (exact) mass is 409 g/mol. The van der Waals surface area contributed by atoms with E-state index in [9.17, 15) is 14.7 Å². The molecule has 1 aromatic carbocycles. The summed E-state index contributed by atoms with van der Waals surface area (Å²) in [5, 5.41) is 9.26. The maximum Gasteiger partial charge on any atom is 0.341 e. The summed E-state index contributed by atoms with van der Waals surface area (Å²) in [5.74, 6) is 0.972. The molecule has 156 valence electrons. The number of furan rings is 1. The van der Waals surface area contributed by atoms with Crippen molar-refractivity contribution in [2.75, 3.05) is 20.3 Å². The van der Waals surface area contributed by atoms with Gasteiger partial charge in [0.25, 0.3) is 0 Å². The Hall–Kier alpha value is -3.32. The van der Waals surface area contributed by atoms with Crippen LogP contribution >= 0.6 is 0 Å². The topological polar surface area (TPSA) is 90.9 Å². The Morgan fingerprint density at radius 2 is 2.03 bits per heavy atom.